The molecular formula is C23H25N7O. The van der Waals surface area contributed by atoms with E-state index in [9.17, 15) is 0 Å². The fourth-order valence-corrected chi connectivity index (χ4v) is 4.08. The number of pyridine rings is 3. The van der Waals surface area contributed by atoms with Crippen molar-refractivity contribution in [2.45, 2.75) is 12.6 Å². The van der Waals surface area contributed by atoms with Crippen LogP contribution in [0.2, 0.25) is 0 Å². The van der Waals surface area contributed by atoms with E-state index >= 15 is 0 Å². The topological polar surface area (TPSA) is 71.7 Å². The number of aromatic nitrogens is 5. The van der Waals surface area contributed by atoms with Crippen LogP contribution in [0.4, 0.5) is 0 Å². The Bertz CT molecular complexity index is 1160. The van der Waals surface area contributed by atoms with Crippen molar-refractivity contribution in [2.24, 2.45) is 0 Å². The smallest absolute Gasteiger partial charge is 0.212 e. The zero-order valence-electron chi connectivity index (χ0n) is 17.7. The van der Waals surface area contributed by atoms with Gasteiger partial charge in [0, 0.05) is 62.0 Å². The molecular weight excluding hydrogens is 390 g/mol. The second kappa shape index (κ2) is 8.41. The molecule has 5 rings (SSSR count). The summed E-state index contributed by atoms with van der Waals surface area (Å²) in [6, 6.07) is 14.3. The molecule has 8 nitrogen and oxygen atoms in total. The van der Waals surface area contributed by atoms with Gasteiger partial charge in [0.05, 0.1) is 24.4 Å². The summed E-state index contributed by atoms with van der Waals surface area (Å²) in [6.45, 7) is 3.73. The lowest BCUT2D eigenvalue weighted by atomic mass is 10.1. The standard InChI is InChI=1S/C23H25N7O/c1-28-11-12-29(15-19-5-3-4-10-24-19)16-21(28)23-20-8-6-18(14-30(20)27-26-23)17-7-9-22(31-2)25-13-17/h3-10,13-14,21H,11-12,15-16H2,1-2H3/t21-/m1/s1. The van der Waals surface area contributed by atoms with Gasteiger partial charge in [0.15, 0.2) is 0 Å². The SMILES string of the molecule is COc1ccc(-c2ccc3c([C@H]4CN(Cc5ccccn5)CCN4C)nnn3c2)cn1. The first kappa shape index (κ1) is 19.6. The second-order valence-electron chi connectivity index (χ2n) is 7.86. The van der Waals surface area contributed by atoms with E-state index in [0.717, 1.165) is 54.2 Å². The molecule has 0 saturated carbocycles. The largest absolute Gasteiger partial charge is 0.481 e. The number of likely N-dealkylation sites (N-methyl/N-ethyl adjacent to an activating group) is 1. The monoisotopic (exact) mass is 415 g/mol. The van der Waals surface area contributed by atoms with E-state index < -0.39 is 0 Å². The Morgan fingerprint density at radius 2 is 1.94 bits per heavy atom. The molecule has 5 heterocycles. The van der Waals surface area contributed by atoms with Crippen LogP contribution in [0.5, 0.6) is 5.88 Å². The summed E-state index contributed by atoms with van der Waals surface area (Å²) in [5.74, 6) is 0.600. The normalized spacial score (nSPS) is 17.8. The fourth-order valence-electron chi connectivity index (χ4n) is 4.08. The molecule has 1 aliphatic heterocycles. The summed E-state index contributed by atoms with van der Waals surface area (Å²) in [6.07, 6.45) is 5.66. The minimum atomic E-state index is 0.184. The van der Waals surface area contributed by atoms with Crippen LogP contribution in [0.1, 0.15) is 17.4 Å². The van der Waals surface area contributed by atoms with E-state index in [-0.39, 0.29) is 6.04 Å². The highest BCUT2D eigenvalue weighted by Gasteiger charge is 2.29. The molecule has 1 atom stereocenters. The van der Waals surface area contributed by atoms with E-state index in [1.807, 2.05) is 47.4 Å². The van der Waals surface area contributed by atoms with Crippen LogP contribution in [0.3, 0.4) is 0 Å². The molecule has 1 fully saturated rings. The Labute approximate surface area is 181 Å². The molecule has 31 heavy (non-hydrogen) atoms. The summed E-state index contributed by atoms with van der Waals surface area (Å²) < 4.78 is 7.01. The predicted octanol–water partition coefficient (Wildman–Crippen LogP) is 2.68. The average molecular weight is 416 g/mol. The third-order valence-corrected chi connectivity index (χ3v) is 5.88. The van der Waals surface area contributed by atoms with Crippen LogP contribution in [0.15, 0.2) is 61.1 Å². The van der Waals surface area contributed by atoms with E-state index in [0.29, 0.717) is 5.88 Å². The van der Waals surface area contributed by atoms with Gasteiger partial charge >= 0.3 is 0 Å². The van der Waals surface area contributed by atoms with Gasteiger partial charge in [-0.05, 0) is 31.3 Å². The van der Waals surface area contributed by atoms with Gasteiger partial charge in [-0.3, -0.25) is 14.8 Å². The fraction of sp³-hybridized carbons (Fsp3) is 0.304. The third-order valence-electron chi connectivity index (χ3n) is 5.88. The Morgan fingerprint density at radius 3 is 2.71 bits per heavy atom. The number of piperazine rings is 1. The number of fused-ring (bicyclic) bond motifs is 1. The van der Waals surface area contributed by atoms with Crippen LogP contribution < -0.4 is 4.74 Å². The van der Waals surface area contributed by atoms with Gasteiger partial charge in [0.1, 0.15) is 5.69 Å². The zero-order chi connectivity index (χ0) is 21.2. The first-order chi connectivity index (χ1) is 15.2. The van der Waals surface area contributed by atoms with Crippen molar-refractivity contribution in [1.29, 1.82) is 0 Å². The summed E-state index contributed by atoms with van der Waals surface area (Å²) in [5.41, 5.74) is 5.18. The van der Waals surface area contributed by atoms with Crippen molar-refractivity contribution in [2.75, 3.05) is 33.8 Å². The number of ether oxygens (including phenoxy) is 1. The molecule has 1 aliphatic rings. The molecule has 0 N–H and O–H groups in total. The molecule has 0 aromatic carbocycles. The maximum Gasteiger partial charge on any atom is 0.212 e. The van der Waals surface area contributed by atoms with Crippen molar-refractivity contribution < 1.29 is 4.74 Å². The lowest BCUT2D eigenvalue weighted by Crippen LogP contribution is -2.46. The van der Waals surface area contributed by atoms with Gasteiger partial charge in [-0.25, -0.2) is 9.50 Å². The third kappa shape index (κ3) is 3.99. The van der Waals surface area contributed by atoms with Gasteiger partial charge in [-0.2, -0.15) is 0 Å². The molecule has 4 aromatic rings. The molecule has 0 radical (unpaired) electrons. The lowest BCUT2D eigenvalue weighted by molar-refractivity contribution is 0.0881. The van der Waals surface area contributed by atoms with Gasteiger partial charge in [0.2, 0.25) is 5.88 Å². The van der Waals surface area contributed by atoms with Crippen molar-refractivity contribution in [3.05, 3.63) is 72.4 Å². The van der Waals surface area contributed by atoms with E-state index in [2.05, 4.69) is 55.3 Å². The van der Waals surface area contributed by atoms with Crippen molar-refractivity contribution in [1.82, 2.24) is 34.6 Å². The Morgan fingerprint density at radius 1 is 1.03 bits per heavy atom. The van der Waals surface area contributed by atoms with Crippen molar-refractivity contribution in [3.8, 4) is 17.0 Å². The molecule has 0 unspecified atom stereocenters. The van der Waals surface area contributed by atoms with Crippen molar-refractivity contribution in [3.63, 3.8) is 0 Å². The molecule has 8 heteroatoms. The summed E-state index contributed by atoms with van der Waals surface area (Å²) in [5, 5.41) is 8.99. The lowest BCUT2D eigenvalue weighted by Gasteiger charge is -2.38. The number of nitrogens with zero attached hydrogens (tertiary/aromatic N) is 7. The molecule has 0 bridgehead atoms. The van der Waals surface area contributed by atoms with Crippen LogP contribution in [-0.4, -0.2) is 68.4 Å². The maximum absolute atomic E-state index is 5.15. The molecule has 0 aliphatic carbocycles. The minimum absolute atomic E-state index is 0.184. The summed E-state index contributed by atoms with van der Waals surface area (Å²) >= 11 is 0. The number of methoxy groups -OCH3 is 1. The van der Waals surface area contributed by atoms with E-state index in [1.165, 1.54) is 0 Å². The maximum atomic E-state index is 5.15. The van der Waals surface area contributed by atoms with Gasteiger partial charge < -0.3 is 4.74 Å². The number of hydrogen-bond acceptors (Lipinski definition) is 7. The minimum Gasteiger partial charge on any atom is -0.481 e. The first-order valence-electron chi connectivity index (χ1n) is 10.4. The summed E-state index contributed by atoms with van der Waals surface area (Å²) in [4.78, 5) is 13.6. The van der Waals surface area contributed by atoms with E-state index in [1.54, 1.807) is 7.11 Å². The highest BCUT2D eigenvalue weighted by molar-refractivity contribution is 5.66. The quantitative estimate of drug-likeness (QED) is 0.496. The van der Waals surface area contributed by atoms with Crippen LogP contribution in [-0.2, 0) is 6.54 Å². The highest BCUT2D eigenvalue weighted by atomic mass is 16.5. The Kier molecular flexibility index (Phi) is 5.31. The molecule has 0 amide bonds. The molecule has 0 spiro atoms. The van der Waals surface area contributed by atoms with Gasteiger partial charge in [-0.1, -0.05) is 17.3 Å². The van der Waals surface area contributed by atoms with E-state index in [4.69, 9.17) is 4.74 Å². The second-order valence-corrected chi connectivity index (χ2v) is 7.86. The molecule has 1 saturated heterocycles. The first-order valence-corrected chi connectivity index (χ1v) is 10.4. The van der Waals surface area contributed by atoms with Gasteiger partial charge in [0.25, 0.3) is 0 Å². The summed E-state index contributed by atoms with van der Waals surface area (Å²) in [7, 11) is 3.77. The zero-order valence-corrected chi connectivity index (χ0v) is 17.7. The highest BCUT2D eigenvalue weighted by Crippen LogP contribution is 2.28. The molecule has 4 aromatic heterocycles. The van der Waals surface area contributed by atoms with Crippen LogP contribution in [0, 0.1) is 0 Å². The van der Waals surface area contributed by atoms with Crippen molar-refractivity contribution >= 4 is 5.52 Å². The van der Waals surface area contributed by atoms with Gasteiger partial charge in [-0.15, -0.1) is 5.10 Å². The molecule has 158 valence electrons. The average Bonchev–Trinajstić information content (AvgIpc) is 3.24. The van der Waals surface area contributed by atoms with Crippen LogP contribution in [0.25, 0.3) is 16.6 Å². The Balaban J connectivity index is 1.39. The predicted molar refractivity (Wildman–Crippen MR) is 118 cm³/mol. The number of hydrogen-bond donors (Lipinski definition) is 0. The van der Waals surface area contributed by atoms with Crippen LogP contribution >= 0.6 is 0 Å². The number of rotatable bonds is 5. The Hall–Kier alpha value is -3.36.